The summed E-state index contributed by atoms with van der Waals surface area (Å²) in [5.41, 5.74) is 0.713. The van der Waals surface area contributed by atoms with Gasteiger partial charge in [-0.2, -0.15) is 4.89 Å². The molecular formula is C22H30O4. The van der Waals surface area contributed by atoms with Crippen LogP contribution in [0.1, 0.15) is 57.4 Å². The van der Waals surface area contributed by atoms with Gasteiger partial charge in [-0.3, -0.25) is 0 Å². The van der Waals surface area contributed by atoms with E-state index in [0.29, 0.717) is 11.8 Å². The molecule has 0 radical (unpaired) electrons. The van der Waals surface area contributed by atoms with Gasteiger partial charge >= 0.3 is 0 Å². The summed E-state index contributed by atoms with van der Waals surface area (Å²) in [4.78, 5) is 11.9. The number of methoxy groups -OCH3 is 1. The quantitative estimate of drug-likeness (QED) is 0.539. The molecule has 1 aromatic carbocycles. The van der Waals surface area contributed by atoms with Gasteiger partial charge in [0.05, 0.1) is 6.61 Å². The molecule has 4 saturated carbocycles. The monoisotopic (exact) mass is 358 g/mol. The van der Waals surface area contributed by atoms with Gasteiger partial charge in [-0.25, -0.2) is 4.89 Å². The van der Waals surface area contributed by atoms with Gasteiger partial charge in [-0.1, -0.05) is 25.5 Å². The Hall–Kier alpha value is -1.10. The molecule has 0 aromatic heterocycles. The van der Waals surface area contributed by atoms with E-state index in [1.165, 1.54) is 32.1 Å². The molecule has 5 aliphatic rings. The van der Waals surface area contributed by atoms with E-state index in [-0.39, 0.29) is 5.60 Å². The fraction of sp³-hybridized carbons (Fsp3) is 0.727. The van der Waals surface area contributed by atoms with E-state index in [9.17, 15) is 0 Å². The summed E-state index contributed by atoms with van der Waals surface area (Å²) in [7, 11) is 1.76. The highest BCUT2D eigenvalue weighted by molar-refractivity contribution is 5.36. The van der Waals surface area contributed by atoms with Crippen molar-refractivity contribution in [2.24, 2.45) is 23.7 Å². The summed E-state index contributed by atoms with van der Waals surface area (Å²) in [6.07, 6.45) is 8.65. The Morgan fingerprint density at radius 2 is 1.77 bits per heavy atom. The second-order valence-corrected chi connectivity index (χ2v) is 8.81. The Balaban J connectivity index is 1.48. The molecule has 0 N–H and O–H groups in total. The first-order valence-electron chi connectivity index (χ1n) is 10.4. The SMILES string of the molecule is CCCCOc1cccc(C2(OC)OOC23C2CC4CC(C2)CC3C4)c1. The number of benzene rings is 1. The lowest BCUT2D eigenvalue weighted by Gasteiger charge is -2.68. The van der Waals surface area contributed by atoms with E-state index in [1.54, 1.807) is 7.11 Å². The maximum Gasteiger partial charge on any atom is 0.260 e. The lowest BCUT2D eigenvalue weighted by molar-refractivity contribution is -0.645. The minimum Gasteiger partial charge on any atom is -0.494 e. The molecule has 1 aromatic rings. The van der Waals surface area contributed by atoms with Crippen LogP contribution in [0.3, 0.4) is 0 Å². The normalized spacial score (nSPS) is 42.8. The summed E-state index contributed by atoms with van der Waals surface area (Å²) < 4.78 is 12.1. The second-order valence-electron chi connectivity index (χ2n) is 8.81. The van der Waals surface area contributed by atoms with Crippen molar-refractivity contribution >= 4 is 0 Å². The third-order valence-electron chi connectivity index (χ3n) is 7.43. The van der Waals surface area contributed by atoms with Crippen molar-refractivity contribution in [3.63, 3.8) is 0 Å². The predicted octanol–water partition coefficient (Wildman–Crippen LogP) is 4.82. The smallest absolute Gasteiger partial charge is 0.260 e. The van der Waals surface area contributed by atoms with Crippen molar-refractivity contribution in [2.75, 3.05) is 13.7 Å². The van der Waals surface area contributed by atoms with Gasteiger partial charge in [0.2, 0.25) is 0 Å². The predicted molar refractivity (Wildman–Crippen MR) is 97.5 cm³/mol. The number of hydrogen-bond acceptors (Lipinski definition) is 4. The molecule has 1 saturated heterocycles. The largest absolute Gasteiger partial charge is 0.494 e. The molecule has 5 fully saturated rings. The van der Waals surface area contributed by atoms with Crippen molar-refractivity contribution in [1.82, 2.24) is 0 Å². The molecule has 0 amide bonds. The molecular weight excluding hydrogens is 328 g/mol. The molecule has 4 bridgehead atoms. The number of hydrogen-bond donors (Lipinski definition) is 0. The highest BCUT2D eigenvalue weighted by Gasteiger charge is 2.76. The molecule has 1 atom stereocenters. The second kappa shape index (κ2) is 6.22. The van der Waals surface area contributed by atoms with Crippen LogP contribution >= 0.6 is 0 Å². The summed E-state index contributed by atoms with van der Waals surface area (Å²) in [6, 6.07) is 8.26. The lowest BCUT2D eigenvalue weighted by atomic mass is 9.47. The van der Waals surface area contributed by atoms with Gasteiger partial charge in [-0.15, -0.1) is 0 Å². The van der Waals surface area contributed by atoms with E-state index < -0.39 is 5.79 Å². The highest BCUT2D eigenvalue weighted by Crippen LogP contribution is 2.69. The van der Waals surface area contributed by atoms with Crippen molar-refractivity contribution in [2.45, 2.75) is 63.3 Å². The maximum atomic E-state index is 6.12. The van der Waals surface area contributed by atoms with Crippen molar-refractivity contribution in [1.29, 1.82) is 0 Å². The van der Waals surface area contributed by atoms with Gasteiger partial charge in [-0.05, 0) is 74.3 Å². The zero-order valence-corrected chi connectivity index (χ0v) is 15.9. The zero-order chi connectivity index (χ0) is 17.8. The first kappa shape index (κ1) is 17.0. The van der Waals surface area contributed by atoms with Gasteiger partial charge in [0.15, 0.2) is 5.60 Å². The van der Waals surface area contributed by atoms with E-state index >= 15 is 0 Å². The average Bonchev–Trinajstić information content (AvgIpc) is 2.62. The van der Waals surface area contributed by atoms with Crippen LogP contribution in [0, 0.1) is 23.7 Å². The number of rotatable bonds is 6. The highest BCUT2D eigenvalue weighted by atomic mass is 17.3. The van der Waals surface area contributed by atoms with Crippen LogP contribution in [-0.4, -0.2) is 19.3 Å². The van der Waals surface area contributed by atoms with Crippen molar-refractivity contribution in [3.05, 3.63) is 29.8 Å². The Morgan fingerprint density at radius 1 is 1.04 bits per heavy atom. The van der Waals surface area contributed by atoms with Crippen molar-refractivity contribution < 1.29 is 19.2 Å². The van der Waals surface area contributed by atoms with Crippen LogP contribution < -0.4 is 4.74 Å². The van der Waals surface area contributed by atoms with E-state index in [2.05, 4.69) is 19.1 Å². The Labute approximate surface area is 156 Å². The molecule has 6 rings (SSSR count). The van der Waals surface area contributed by atoms with E-state index in [1.807, 2.05) is 12.1 Å². The third kappa shape index (κ3) is 2.18. The van der Waals surface area contributed by atoms with Crippen LogP contribution in [0.5, 0.6) is 5.75 Å². The summed E-state index contributed by atoms with van der Waals surface area (Å²) in [5.74, 6) is 2.94. The molecule has 1 unspecified atom stereocenters. The molecule has 4 heteroatoms. The third-order valence-corrected chi connectivity index (χ3v) is 7.43. The van der Waals surface area contributed by atoms with Crippen LogP contribution in [0.4, 0.5) is 0 Å². The maximum absolute atomic E-state index is 6.12. The van der Waals surface area contributed by atoms with Gasteiger partial charge < -0.3 is 9.47 Å². The molecule has 1 spiro atoms. The average molecular weight is 358 g/mol. The number of ether oxygens (including phenoxy) is 2. The standard InChI is InChI=1S/C22H30O4/c1-3-4-8-24-20-7-5-6-17(14-20)22(23-2)21(25-26-22)18-10-15-9-16(12-18)13-19(21)11-15/h5-7,14-16,18-19H,3-4,8-13H2,1-2H3. The molecule has 4 nitrogen and oxygen atoms in total. The topological polar surface area (TPSA) is 36.9 Å². The number of unbranched alkanes of at least 4 members (excludes halogenated alkanes) is 1. The molecule has 142 valence electrons. The summed E-state index contributed by atoms with van der Waals surface area (Å²) in [5, 5.41) is 0. The van der Waals surface area contributed by atoms with Gasteiger partial charge in [0.25, 0.3) is 5.79 Å². The van der Waals surface area contributed by atoms with E-state index in [0.717, 1.165) is 42.6 Å². The Morgan fingerprint density at radius 3 is 2.35 bits per heavy atom. The zero-order valence-electron chi connectivity index (χ0n) is 15.9. The fourth-order valence-electron chi connectivity index (χ4n) is 6.48. The first-order chi connectivity index (χ1) is 12.7. The fourth-order valence-corrected chi connectivity index (χ4v) is 6.48. The minimum absolute atomic E-state index is 0.322. The Kier molecular flexibility index (Phi) is 4.07. The summed E-state index contributed by atoms with van der Waals surface area (Å²) in [6.45, 7) is 2.92. The van der Waals surface area contributed by atoms with Crippen molar-refractivity contribution in [3.8, 4) is 5.75 Å². The lowest BCUT2D eigenvalue weighted by Crippen LogP contribution is -2.76. The van der Waals surface area contributed by atoms with Crippen LogP contribution in [0.2, 0.25) is 0 Å². The molecule has 26 heavy (non-hydrogen) atoms. The van der Waals surface area contributed by atoms with E-state index in [4.69, 9.17) is 19.2 Å². The molecule has 1 aliphatic heterocycles. The first-order valence-corrected chi connectivity index (χ1v) is 10.4. The Bertz CT molecular complexity index is 640. The van der Waals surface area contributed by atoms with Crippen LogP contribution in [0.15, 0.2) is 24.3 Å². The minimum atomic E-state index is -0.792. The molecule has 4 aliphatic carbocycles. The van der Waals surface area contributed by atoms with Gasteiger partial charge in [0.1, 0.15) is 5.75 Å². The van der Waals surface area contributed by atoms with Crippen LogP contribution in [0.25, 0.3) is 0 Å². The van der Waals surface area contributed by atoms with Crippen LogP contribution in [-0.2, 0) is 20.3 Å². The molecule has 1 heterocycles. The van der Waals surface area contributed by atoms with Gasteiger partial charge in [0, 0.05) is 12.7 Å². The summed E-state index contributed by atoms with van der Waals surface area (Å²) >= 11 is 0.